The van der Waals surface area contributed by atoms with E-state index in [9.17, 15) is 30.7 Å². The molecule has 1 nitrogen and oxygen atoms in total. The van der Waals surface area contributed by atoms with Crippen LogP contribution in [0.25, 0.3) is 5.57 Å². The lowest BCUT2D eigenvalue weighted by molar-refractivity contribution is -0.224. The van der Waals surface area contributed by atoms with Crippen LogP contribution in [0.1, 0.15) is 31.4 Å². The molecule has 8 heteroatoms. The summed E-state index contributed by atoms with van der Waals surface area (Å²) in [6.45, 7) is 7.20. The predicted octanol–water partition coefficient (Wildman–Crippen LogP) is 8.01. The van der Waals surface area contributed by atoms with E-state index >= 15 is 0 Å². The van der Waals surface area contributed by atoms with Crippen LogP contribution in [-0.4, -0.2) is 0 Å². The molecule has 0 saturated carbocycles. The summed E-state index contributed by atoms with van der Waals surface area (Å²) in [5, 5.41) is 0. The quantitative estimate of drug-likeness (QED) is 0.236. The molecule has 0 aliphatic heterocycles. The molecule has 2 rings (SSSR count). The summed E-state index contributed by atoms with van der Waals surface area (Å²) < 4.78 is 102. The number of alkyl halides is 2. The van der Waals surface area contributed by atoms with Gasteiger partial charge in [0.1, 0.15) is 23.0 Å². The molecule has 1 aromatic rings. The normalized spacial score (nSPS) is 15.2. The van der Waals surface area contributed by atoms with E-state index in [1.165, 1.54) is 17.9 Å². The van der Waals surface area contributed by atoms with Crippen molar-refractivity contribution in [3.63, 3.8) is 0 Å². The van der Waals surface area contributed by atoms with E-state index in [1.54, 1.807) is 13.0 Å². The van der Waals surface area contributed by atoms with Crippen molar-refractivity contribution in [2.75, 3.05) is 0 Å². The average Bonchev–Trinajstić information content (AvgIpc) is 2.77. The summed E-state index contributed by atoms with van der Waals surface area (Å²) in [6.07, 6.45) is 0.935. The van der Waals surface area contributed by atoms with Crippen LogP contribution in [0.4, 0.5) is 30.7 Å². The molecule has 0 radical (unpaired) electrons. The van der Waals surface area contributed by atoms with Gasteiger partial charge in [0.15, 0.2) is 11.7 Å². The number of hydrogen-bond donors (Lipinski definition) is 0. The number of rotatable bonds is 7. The highest BCUT2D eigenvalue weighted by Crippen LogP contribution is 2.38. The second kappa shape index (κ2) is 9.71. The van der Waals surface area contributed by atoms with E-state index in [0.717, 1.165) is 5.57 Å². The molecule has 0 N–H and O–H groups in total. The van der Waals surface area contributed by atoms with Crippen molar-refractivity contribution in [3.8, 4) is 0 Å². The first-order chi connectivity index (χ1) is 14.5. The molecule has 164 valence electrons. The Morgan fingerprint density at radius 2 is 1.68 bits per heavy atom. The Morgan fingerprint density at radius 3 is 2.23 bits per heavy atom. The molecule has 1 aromatic carbocycles. The zero-order chi connectivity index (χ0) is 23.3. The van der Waals surface area contributed by atoms with Crippen LogP contribution in [0, 0.1) is 11.6 Å². The van der Waals surface area contributed by atoms with Gasteiger partial charge in [-0.1, -0.05) is 37.3 Å². The minimum Gasteiger partial charge on any atom is -0.429 e. The van der Waals surface area contributed by atoms with Crippen molar-refractivity contribution in [2.24, 2.45) is 0 Å². The van der Waals surface area contributed by atoms with Crippen molar-refractivity contribution >= 4 is 5.57 Å². The summed E-state index contributed by atoms with van der Waals surface area (Å²) in [7, 11) is 0. The van der Waals surface area contributed by atoms with E-state index in [0.29, 0.717) is 24.1 Å². The number of benzene rings is 1. The lowest BCUT2D eigenvalue weighted by atomic mass is 10.0. The molecule has 1 aliphatic carbocycles. The monoisotopic (exact) mass is 442 g/mol. The first kappa shape index (κ1) is 24.0. The van der Waals surface area contributed by atoms with Crippen LogP contribution in [0.3, 0.4) is 0 Å². The fraction of sp³-hybridized carbons (Fsp3) is 0.174. The van der Waals surface area contributed by atoms with Gasteiger partial charge in [-0.2, -0.15) is 17.6 Å². The summed E-state index contributed by atoms with van der Waals surface area (Å²) in [4.78, 5) is 0. The van der Waals surface area contributed by atoms with Gasteiger partial charge >= 0.3 is 6.11 Å². The maximum absolute atomic E-state index is 14.5. The number of ether oxygens (including phenoxy) is 1. The molecule has 1 aliphatic rings. The second-order valence-corrected chi connectivity index (χ2v) is 6.35. The topological polar surface area (TPSA) is 9.23 Å². The Bertz CT molecular complexity index is 1060. The molecule has 0 aromatic heterocycles. The third-order valence-corrected chi connectivity index (χ3v) is 4.15. The Kier molecular flexibility index (Phi) is 7.52. The lowest BCUT2D eigenvalue weighted by Gasteiger charge is -2.20. The predicted molar refractivity (Wildman–Crippen MR) is 104 cm³/mol. The highest BCUT2D eigenvalue weighted by atomic mass is 19.3. The van der Waals surface area contributed by atoms with Gasteiger partial charge in [-0.3, -0.25) is 0 Å². The van der Waals surface area contributed by atoms with Crippen LogP contribution in [0.2, 0.25) is 0 Å². The molecule has 31 heavy (non-hydrogen) atoms. The van der Waals surface area contributed by atoms with Crippen molar-refractivity contribution in [2.45, 2.75) is 26.4 Å². The number of hydrogen-bond acceptors (Lipinski definition) is 1. The molecular weight excluding hydrogens is 425 g/mol. The summed E-state index contributed by atoms with van der Waals surface area (Å²) >= 11 is 0. The Hall–Kier alpha value is -3.25. The molecule has 0 heterocycles. The van der Waals surface area contributed by atoms with Gasteiger partial charge in [0, 0.05) is 12.2 Å². The molecule has 0 unspecified atom stereocenters. The van der Waals surface area contributed by atoms with Crippen LogP contribution in [-0.2, 0) is 10.8 Å². The van der Waals surface area contributed by atoms with Crippen LogP contribution >= 0.6 is 0 Å². The second-order valence-electron chi connectivity index (χ2n) is 6.35. The molecule has 0 fully saturated rings. The van der Waals surface area contributed by atoms with Gasteiger partial charge < -0.3 is 4.74 Å². The standard InChI is InChI=1S/C23H17F7O/c1-4-13(3)6-7-14(5-2)15-8-20(27)22(21(28)9-15)23(29,30)31-17-10-16(24)11-18(25)19(26)12-17/h5-10,12H,3-4H2,1-2H3/b7-6-,14-5+. The Balaban J connectivity index is 2.42. The molecule has 0 spiro atoms. The largest absolute Gasteiger partial charge is 0.432 e. The molecule has 0 bridgehead atoms. The summed E-state index contributed by atoms with van der Waals surface area (Å²) in [5.41, 5.74) is 0.583. The van der Waals surface area contributed by atoms with Gasteiger partial charge in [0.25, 0.3) is 0 Å². The van der Waals surface area contributed by atoms with Crippen molar-refractivity contribution in [1.29, 1.82) is 0 Å². The number of allylic oxidation sites excluding steroid dienone is 9. The molecule has 0 amide bonds. The zero-order valence-electron chi connectivity index (χ0n) is 16.5. The highest BCUT2D eigenvalue weighted by molar-refractivity contribution is 5.74. The third kappa shape index (κ3) is 5.89. The smallest absolute Gasteiger partial charge is 0.429 e. The fourth-order valence-electron chi connectivity index (χ4n) is 2.52. The van der Waals surface area contributed by atoms with Gasteiger partial charge in [-0.15, -0.1) is 0 Å². The average molecular weight is 442 g/mol. The van der Waals surface area contributed by atoms with Crippen molar-refractivity contribution < 1.29 is 35.5 Å². The van der Waals surface area contributed by atoms with Crippen LogP contribution < -0.4 is 0 Å². The maximum Gasteiger partial charge on any atom is 0.432 e. The summed E-state index contributed by atoms with van der Waals surface area (Å²) in [6, 6.07) is 1.34. The minimum absolute atomic E-state index is 0.0305. The minimum atomic E-state index is -4.67. The van der Waals surface area contributed by atoms with E-state index in [4.69, 9.17) is 0 Å². The fourth-order valence-corrected chi connectivity index (χ4v) is 2.52. The van der Waals surface area contributed by atoms with Gasteiger partial charge in [0.05, 0.1) is 0 Å². The van der Waals surface area contributed by atoms with Crippen LogP contribution in [0.15, 0.2) is 83.6 Å². The summed E-state index contributed by atoms with van der Waals surface area (Å²) in [5.74, 6) is -9.58. The van der Waals surface area contributed by atoms with E-state index in [1.807, 2.05) is 6.92 Å². The zero-order valence-corrected chi connectivity index (χ0v) is 16.5. The third-order valence-electron chi connectivity index (χ3n) is 4.15. The van der Waals surface area contributed by atoms with Crippen molar-refractivity contribution in [3.05, 3.63) is 106 Å². The van der Waals surface area contributed by atoms with E-state index in [-0.39, 0.29) is 17.7 Å². The first-order valence-corrected chi connectivity index (χ1v) is 8.98. The Morgan fingerprint density at radius 1 is 1.06 bits per heavy atom. The van der Waals surface area contributed by atoms with E-state index < -0.39 is 46.5 Å². The SMILES string of the molecule is C=C(/C=C\C(=C/C)c1cc(F)c(C(F)(F)OC2=CC(F)=C=C(F)C(F)=C2)c(F)c1)CC. The molecule has 0 saturated heterocycles. The van der Waals surface area contributed by atoms with Gasteiger partial charge in [-0.05, 0) is 42.3 Å². The maximum atomic E-state index is 14.5. The number of halogens is 7. The Labute approximate surface area is 174 Å². The highest BCUT2D eigenvalue weighted by Gasteiger charge is 2.41. The van der Waals surface area contributed by atoms with E-state index in [2.05, 4.69) is 11.3 Å². The first-order valence-electron chi connectivity index (χ1n) is 8.98. The lowest BCUT2D eigenvalue weighted by Crippen LogP contribution is -2.21. The van der Waals surface area contributed by atoms with Crippen molar-refractivity contribution in [1.82, 2.24) is 0 Å². The van der Waals surface area contributed by atoms with Gasteiger partial charge in [0.2, 0.25) is 5.83 Å². The van der Waals surface area contributed by atoms with Gasteiger partial charge in [-0.25, -0.2) is 13.2 Å². The molecular formula is C23H17F7O. The van der Waals surface area contributed by atoms with Crippen LogP contribution in [0.5, 0.6) is 0 Å². The molecule has 0 atom stereocenters.